The van der Waals surface area contributed by atoms with E-state index in [0.717, 1.165) is 21.4 Å². The molecule has 1 saturated heterocycles. The summed E-state index contributed by atoms with van der Waals surface area (Å²) in [5.41, 5.74) is 0. The minimum Gasteiger partial charge on any atom is -0.0604 e. The van der Waals surface area contributed by atoms with Crippen molar-refractivity contribution >= 4 is 10.9 Å². The molecule has 0 aromatic carbocycles. The van der Waals surface area contributed by atoms with Crippen LogP contribution in [-0.4, -0.2) is 16.8 Å². The van der Waals surface area contributed by atoms with Crippen LogP contribution in [-0.2, 0) is 10.9 Å². The molecule has 1 heteroatoms. The van der Waals surface area contributed by atoms with Crippen molar-refractivity contribution < 1.29 is 0 Å². The lowest BCUT2D eigenvalue weighted by molar-refractivity contribution is 0.817. The third-order valence-corrected chi connectivity index (χ3v) is 5.02. The summed E-state index contributed by atoms with van der Waals surface area (Å²) >= 11 is 0. The summed E-state index contributed by atoms with van der Waals surface area (Å²) < 4.78 is 0. The van der Waals surface area contributed by atoms with Crippen molar-refractivity contribution in [1.82, 2.24) is 0 Å². The van der Waals surface area contributed by atoms with E-state index in [2.05, 4.69) is 20.1 Å². The third-order valence-electron chi connectivity index (χ3n) is 2.10. The van der Waals surface area contributed by atoms with Gasteiger partial charge in [-0.1, -0.05) is 13.8 Å². The summed E-state index contributed by atoms with van der Waals surface area (Å²) in [5.74, 6) is 0. The van der Waals surface area contributed by atoms with E-state index in [9.17, 15) is 0 Å². The molecule has 0 aromatic rings. The summed E-state index contributed by atoms with van der Waals surface area (Å²) in [6.07, 6.45) is 5.23. The second-order valence-corrected chi connectivity index (χ2v) is 4.93. The van der Waals surface area contributed by atoms with Crippen LogP contribution in [0.2, 0.25) is 0 Å². The molecule has 1 heterocycles. The SMILES string of the molecule is CC[C@@H]1[C@@H](CC)[S+]1C. The predicted molar refractivity (Wildman–Crippen MR) is 41.4 cm³/mol. The lowest BCUT2D eigenvalue weighted by Gasteiger charge is -1.73. The van der Waals surface area contributed by atoms with Crippen LogP contribution < -0.4 is 0 Å². The largest absolute Gasteiger partial charge is 0.165 e. The van der Waals surface area contributed by atoms with Gasteiger partial charge >= 0.3 is 0 Å². The Kier molecular flexibility index (Phi) is 1.86. The molecule has 0 bridgehead atoms. The zero-order valence-corrected chi connectivity index (χ0v) is 6.79. The molecule has 0 aliphatic carbocycles. The second-order valence-electron chi connectivity index (χ2n) is 2.50. The van der Waals surface area contributed by atoms with E-state index in [-0.39, 0.29) is 0 Å². The van der Waals surface area contributed by atoms with Crippen LogP contribution in [0.3, 0.4) is 0 Å². The lowest BCUT2D eigenvalue weighted by atomic mass is 10.2. The molecular weight excluding hydrogens is 116 g/mol. The van der Waals surface area contributed by atoms with Crippen molar-refractivity contribution in [3.05, 3.63) is 0 Å². The molecule has 0 N–H and O–H groups in total. The molecule has 0 unspecified atom stereocenters. The fraction of sp³-hybridized carbons (Fsp3) is 1.00. The molecule has 0 amide bonds. The molecule has 0 nitrogen and oxygen atoms in total. The van der Waals surface area contributed by atoms with Gasteiger partial charge in [0.05, 0.1) is 6.26 Å². The maximum absolute atomic E-state index is 2.41. The second kappa shape index (κ2) is 2.30. The van der Waals surface area contributed by atoms with Crippen LogP contribution in [0.1, 0.15) is 26.7 Å². The van der Waals surface area contributed by atoms with E-state index in [0.29, 0.717) is 0 Å². The van der Waals surface area contributed by atoms with Gasteiger partial charge in [-0.25, -0.2) is 0 Å². The predicted octanol–water partition coefficient (Wildman–Crippen LogP) is 1.81. The number of rotatable bonds is 2. The van der Waals surface area contributed by atoms with Gasteiger partial charge in [0, 0.05) is 10.9 Å². The van der Waals surface area contributed by atoms with E-state index in [1.807, 2.05) is 0 Å². The summed E-state index contributed by atoms with van der Waals surface area (Å²) in [6.45, 7) is 4.62. The van der Waals surface area contributed by atoms with Crippen molar-refractivity contribution in [3.63, 3.8) is 0 Å². The highest BCUT2D eigenvalue weighted by molar-refractivity contribution is 8.04. The van der Waals surface area contributed by atoms with Crippen molar-refractivity contribution in [3.8, 4) is 0 Å². The van der Waals surface area contributed by atoms with Gasteiger partial charge in [0.1, 0.15) is 0 Å². The van der Waals surface area contributed by atoms with Crippen LogP contribution in [0.25, 0.3) is 0 Å². The molecular formula is C7H15S+. The normalized spacial score (nSPS) is 44.6. The molecule has 2 atom stereocenters. The summed E-state index contributed by atoms with van der Waals surface area (Å²) in [5, 5.41) is 2.22. The van der Waals surface area contributed by atoms with Crippen molar-refractivity contribution in [2.24, 2.45) is 0 Å². The standard InChI is InChI=1S/C7H15S/c1-4-6-7(5-2)8(6)3/h6-7H,4-5H2,1-3H3/q+1/t6-,7-/m1/s1. The molecule has 0 radical (unpaired) electrons. The Morgan fingerprint density at radius 1 is 1.12 bits per heavy atom. The smallest absolute Gasteiger partial charge is 0.0604 e. The highest BCUT2D eigenvalue weighted by Crippen LogP contribution is 2.37. The fourth-order valence-electron chi connectivity index (χ4n) is 1.48. The molecule has 1 aliphatic rings. The zero-order valence-electron chi connectivity index (χ0n) is 5.98. The maximum atomic E-state index is 2.41. The Balaban J connectivity index is 2.23. The third kappa shape index (κ3) is 0.883. The minimum atomic E-state index is 0.813. The summed E-state index contributed by atoms with van der Waals surface area (Å²) in [7, 11) is 0.813. The first kappa shape index (κ1) is 6.47. The van der Waals surface area contributed by atoms with Crippen molar-refractivity contribution in [1.29, 1.82) is 0 Å². The van der Waals surface area contributed by atoms with Gasteiger partial charge in [0.25, 0.3) is 0 Å². The van der Waals surface area contributed by atoms with Crippen LogP contribution >= 0.6 is 0 Å². The highest BCUT2D eigenvalue weighted by atomic mass is 32.2. The highest BCUT2D eigenvalue weighted by Gasteiger charge is 2.56. The molecule has 48 valence electrons. The van der Waals surface area contributed by atoms with Gasteiger partial charge in [-0.05, 0) is 12.8 Å². The van der Waals surface area contributed by atoms with Gasteiger partial charge in [0.15, 0.2) is 10.5 Å². The molecule has 1 fully saturated rings. The molecule has 1 rings (SSSR count). The van der Waals surface area contributed by atoms with Crippen molar-refractivity contribution in [2.45, 2.75) is 37.2 Å². The molecule has 0 aromatic heterocycles. The van der Waals surface area contributed by atoms with Crippen LogP contribution in [0.4, 0.5) is 0 Å². The molecule has 0 saturated carbocycles. The monoisotopic (exact) mass is 131 g/mol. The summed E-state index contributed by atoms with van der Waals surface area (Å²) in [4.78, 5) is 0. The Bertz CT molecular complexity index is 70.5. The van der Waals surface area contributed by atoms with Crippen molar-refractivity contribution in [2.75, 3.05) is 6.26 Å². The quantitative estimate of drug-likeness (QED) is 0.396. The van der Waals surface area contributed by atoms with Gasteiger partial charge in [-0.3, -0.25) is 0 Å². The van der Waals surface area contributed by atoms with E-state index in [4.69, 9.17) is 0 Å². The Morgan fingerprint density at radius 2 is 1.50 bits per heavy atom. The van der Waals surface area contributed by atoms with Gasteiger partial charge in [0.2, 0.25) is 0 Å². The molecule has 0 spiro atoms. The van der Waals surface area contributed by atoms with Gasteiger partial charge < -0.3 is 0 Å². The molecule has 8 heavy (non-hydrogen) atoms. The topological polar surface area (TPSA) is 0 Å². The summed E-state index contributed by atoms with van der Waals surface area (Å²) in [6, 6.07) is 0. The average molecular weight is 131 g/mol. The van der Waals surface area contributed by atoms with Gasteiger partial charge in [-0.2, -0.15) is 0 Å². The molecule has 1 aliphatic heterocycles. The Hall–Kier alpha value is 0.350. The Morgan fingerprint density at radius 3 is 1.62 bits per heavy atom. The first-order valence-corrected chi connectivity index (χ1v) is 5.20. The number of hydrogen-bond acceptors (Lipinski definition) is 0. The lowest BCUT2D eigenvalue weighted by Crippen LogP contribution is -1.87. The van der Waals surface area contributed by atoms with E-state index < -0.39 is 0 Å². The van der Waals surface area contributed by atoms with Crippen LogP contribution in [0.5, 0.6) is 0 Å². The first-order chi connectivity index (χ1) is 3.81. The van der Waals surface area contributed by atoms with Gasteiger partial charge in [-0.15, -0.1) is 0 Å². The van der Waals surface area contributed by atoms with E-state index in [1.165, 1.54) is 12.8 Å². The first-order valence-electron chi connectivity index (χ1n) is 3.44. The van der Waals surface area contributed by atoms with Crippen LogP contribution in [0, 0.1) is 0 Å². The van der Waals surface area contributed by atoms with E-state index in [1.54, 1.807) is 0 Å². The minimum absolute atomic E-state index is 0.813. The van der Waals surface area contributed by atoms with E-state index >= 15 is 0 Å². The average Bonchev–Trinajstić information content (AvgIpc) is 2.40. The fourth-order valence-corrected chi connectivity index (χ4v) is 4.10. The zero-order chi connectivity index (χ0) is 6.15. The Labute approximate surface area is 55.0 Å². The maximum Gasteiger partial charge on any atom is 0.165 e. The van der Waals surface area contributed by atoms with Crippen LogP contribution in [0.15, 0.2) is 0 Å². The number of hydrogen-bond donors (Lipinski definition) is 0.